The highest BCUT2D eigenvalue weighted by molar-refractivity contribution is 7.91. The number of carbonyl (C=O) groups is 2. The summed E-state index contributed by atoms with van der Waals surface area (Å²) in [5.74, 6) is 0.694. The molecule has 0 saturated carbocycles. The highest BCUT2D eigenvalue weighted by Crippen LogP contribution is 2.36. The molecule has 1 aliphatic heterocycles. The molecule has 2 aromatic carbocycles. The zero-order chi connectivity index (χ0) is 26.9. The van der Waals surface area contributed by atoms with Gasteiger partial charge in [-0.05, 0) is 42.3 Å². The number of amides is 3. The average Bonchev–Trinajstić information content (AvgIpc) is 3.26. The molecule has 0 fully saturated rings. The van der Waals surface area contributed by atoms with Gasteiger partial charge in [0.1, 0.15) is 11.5 Å². The van der Waals surface area contributed by atoms with E-state index in [0.29, 0.717) is 42.3 Å². The lowest BCUT2D eigenvalue weighted by Crippen LogP contribution is -2.34. The highest BCUT2D eigenvalue weighted by Gasteiger charge is 2.28. The minimum absolute atomic E-state index is 0.0209. The third-order valence-corrected chi connectivity index (χ3v) is 9.29. The maximum atomic E-state index is 12.7. The summed E-state index contributed by atoms with van der Waals surface area (Å²) in [6.07, 6.45) is 0.704. The first-order valence-electron chi connectivity index (χ1n) is 11.3. The van der Waals surface area contributed by atoms with Gasteiger partial charge in [0.15, 0.2) is 5.13 Å². The first kappa shape index (κ1) is 26.4. The van der Waals surface area contributed by atoms with Crippen LogP contribution in [0.15, 0.2) is 46.7 Å². The number of benzene rings is 2. The minimum Gasteiger partial charge on any atom is -0.492 e. The number of aromatic nitrogens is 1. The normalized spacial score (nSPS) is 13.3. The summed E-state index contributed by atoms with van der Waals surface area (Å²) >= 11 is 0.691. The van der Waals surface area contributed by atoms with Gasteiger partial charge in [0.05, 0.1) is 0 Å². The summed E-state index contributed by atoms with van der Waals surface area (Å²) in [5, 5.41) is 12.7. The van der Waals surface area contributed by atoms with Gasteiger partial charge in [-0.1, -0.05) is 23.5 Å². The lowest BCUT2D eigenvalue weighted by molar-refractivity contribution is -0.129. The maximum Gasteiger partial charge on any atom is 0.327 e. The molecule has 0 bridgehead atoms. The number of thiazole rings is 1. The zero-order valence-corrected chi connectivity index (χ0v) is 22.4. The molecule has 2 N–H and O–H groups in total. The number of nitrogens with one attached hydrogen (secondary N) is 1. The predicted molar refractivity (Wildman–Crippen MR) is 140 cm³/mol. The number of hydrogen-bond acceptors (Lipinski definition) is 8. The van der Waals surface area contributed by atoms with E-state index < -0.39 is 21.9 Å². The van der Waals surface area contributed by atoms with E-state index in [2.05, 4.69) is 10.3 Å². The van der Waals surface area contributed by atoms with Crippen LogP contribution < -0.4 is 15.0 Å². The zero-order valence-electron chi connectivity index (χ0n) is 20.8. The van der Waals surface area contributed by atoms with E-state index >= 15 is 0 Å². The van der Waals surface area contributed by atoms with E-state index in [1.165, 1.54) is 21.1 Å². The number of fused-ring (bicyclic) bond motifs is 1. The van der Waals surface area contributed by atoms with Crippen molar-refractivity contribution in [3.05, 3.63) is 53.6 Å². The fourth-order valence-electron chi connectivity index (χ4n) is 3.73. The number of sulfonamides is 1. The summed E-state index contributed by atoms with van der Waals surface area (Å²) in [6.45, 7) is 2.76. The molecule has 0 atom stereocenters. The van der Waals surface area contributed by atoms with Gasteiger partial charge in [-0.25, -0.2) is 17.5 Å². The Labute approximate surface area is 219 Å². The second-order valence-electron chi connectivity index (χ2n) is 8.59. The van der Waals surface area contributed by atoms with Gasteiger partial charge in [0.25, 0.3) is 10.0 Å². The molecule has 196 valence electrons. The Morgan fingerprint density at radius 3 is 2.49 bits per heavy atom. The summed E-state index contributed by atoms with van der Waals surface area (Å²) < 4.78 is 31.4. The van der Waals surface area contributed by atoms with E-state index in [1.54, 1.807) is 36.1 Å². The SMILES string of the molecule is CC(=O)N1CCc2c(cccc2Oc2ccc(NC(=O)N(C)c3nc(O)c(S(=O)(=O)N(C)C)s3)cc2)C1. The smallest absolute Gasteiger partial charge is 0.327 e. The van der Waals surface area contributed by atoms with Gasteiger partial charge < -0.3 is 20.1 Å². The van der Waals surface area contributed by atoms with Crippen molar-refractivity contribution in [2.24, 2.45) is 0 Å². The van der Waals surface area contributed by atoms with Crippen LogP contribution >= 0.6 is 11.3 Å². The molecule has 0 unspecified atom stereocenters. The molecule has 3 amide bonds. The Morgan fingerprint density at radius 1 is 1.14 bits per heavy atom. The number of urea groups is 1. The second kappa shape index (κ2) is 10.4. The largest absolute Gasteiger partial charge is 0.492 e. The topological polar surface area (TPSA) is 132 Å². The fraction of sp³-hybridized carbons (Fsp3) is 0.292. The van der Waals surface area contributed by atoms with E-state index in [-0.39, 0.29) is 15.2 Å². The van der Waals surface area contributed by atoms with Crippen LogP contribution in [0.5, 0.6) is 17.4 Å². The quantitative estimate of drug-likeness (QED) is 0.485. The van der Waals surface area contributed by atoms with Gasteiger partial charge in [0, 0.05) is 52.4 Å². The Bertz CT molecular complexity index is 1440. The summed E-state index contributed by atoms with van der Waals surface area (Å²) in [4.78, 5) is 31.2. The van der Waals surface area contributed by atoms with Crippen molar-refractivity contribution in [3.8, 4) is 17.4 Å². The van der Waals surface area contributed by atoms with Crippen molar-refractivity contribution in [2.75, 3.05) is 37.9 Å². The van der Waals surface area contributed by atoms with Crippen LogP contribution in [-0.2, 0) is 27.8 Å². The molecule has 2 heterocycles. The van der Waals surface area contributed by atoms with Gasteiger partial charge in [0.2, 0.25) is 16.0 Å². The van der Waals surface area contributed by atoms with Gasteiger partial charge in [-0.2, -0.15) is 4.98 Å². The Morgan fingerprint density at radius 2 is 1.84 bits per heavy atom. The van der Waals surface area contributed by atoms with Crippen LogP contribution in [-0.4, -0.2) is 67.3 Å². The Balaban J connectivity index is 1.43. The van der Waals surface area contributed by atoms with Crippen LogP contribution in [0.3, 0.4) is 0 Å². The highest BCUT2D eigenvalue weighted by atomic mass is 32.2. The van der Waals surface area contributed by atoms with Crippen molar-refractivity contribution in [2.45, 2.75) is 24.1 Å². The van der Waals surface area contributed by atoms with Crippen LogP contribution in [0.1, 0.15) is 18.1 Å². The van der Waals surface area contributed by atoms with Crippen LogP contribution in [0.25, 0.3) is 0 Å². The maximum absolute atomic E-state index is 12.7. The molecule has 1 aliphatic rings. The molecular weight excluding hydrogens is 518 g/mol. The summed E-state index contributed by atoms with van der Waals surface area (Å²) in [7, 11) is 0.201. The number of rotatable bonds is 6. The third-order valence-electron chi connectivity index (χ3n) is 5.88. The predicted octanol–water partition coefficient (Wildman–Crippen LogP) is 3.46. The van der Waals surface area contributed by atoms with Crippen molar-refractivity contribution in [1.82, 2.24) is 14.2 Å². The molecule has 0 radical (unpaired) electrons. The third kappa shape index (κ3) is 5.53. The van der Waals surface area contributed by atoms with E-state index in [9.17, 15) is 23.1 Å². The van der Waals surface area contributed by atoms with Crippen LogP contribution in [0.4, 0.5) is 15.6 Å². The molecule has 0 saturated heterocycles. The average molecular weight is 546 g/mol. The molecule has 13 heteroatoms. The molecular formula is C24H27N5O6S2. The molecule has 3 aromatic rings. The number of nitrogens with zero attached hydrogens (tertiary/aromatic N) is 4. The van der Waals surface area contributed by atoms with Crippen molar-refractivity contribution >= 4 is 44.1 Å². The first-order valence-corrected chi connectivity index (χ1v) is 13.5. The van der Waals surface area contributed by atoms with E-state index in [4.69, 9.17) is 4.74 Å². The van der Waals surface area contributed by atoms with Gasteiger partial charge in [-0.15, -0.1) is 0 Å². The lowest BCUT2D eigenvalue weighted by atomic mass is 9.98. The first-order chi connectivity index (χ1) is 17.5. The lowest BCUT2D eigenvalue weighted by Gasteiger charge is -2.29. The molecule has 1 aromatic heterocycles. The standard InChI is InChI=1S/C24H27N5O6S2/c1-15(30)29-13-12-19-16(14-29)6-5-7-20(19)35-18-10-8-17(9-11-18)25-23(32)28(4)24-26-21(31)22(36-24)37(33,34)27(2)3/h5-11,31H,12-14H2,1-4H3,(H,25,32). The second-order valence-corrected chi connectivity index (χ2v) is 11.9. The van der Waals surface area contributed by atoms with Crippen molar-refractivity contribution < 1.29 is 27.9 Å². The summed E-state index contributed by atoms with van der Waals surface area (Å²) in [6, 6.07) is 12.0. The Hall–Kier alpha value is -3.68. The van der Waals surface area contributed by atoms with Crippen molar-refractivity contribution in [1.29, 1.82) is 0 Å². The van der Waals surface area contributed by atoms with Crippen LogP contribution in [0, 0.1) is 0 Å². The monoisotopic (exact) mass is 545 g/mol. The minimum atomic E-state index is -3.90. The number of aromatic hydroxyl groups is 1. The van der Waals surface area contributed by atoms with Gasteiger partial charge in [-0.3, -0.25) is 9.69 Å². The van der Waals surface area contributed by atoms with Gasteiger partial charge >= 0.3 is 6.03 Å². The van der Waals surface area contributed by atoms with E-state index in [1.807, 2.05) is 18.2 Å². The van der Waals surface area contributed by atoms with Crippen molar-refractivity contribution in [3.63, 3.8) is 0 Å². The van der Waals surface area contributed by atoms with Crippen LogP contribution in [0.2, 0.25) is 0 Å². The molecule has 11 nitrogen and oxygen atoms in total. The molecule has 0 spiro atoms. The molecule has 0 aliphatic carbocycles. The Kier molecular flexibility index (Phi) is 7.39. The molecule has 4 rings (SSSR count). The number of hydrogen-bond donors (Lipinski definition) is 2. The number of carbonyl (C=O) groups excluding carboxylic acids is 2. The fourth-order valence-corrected chi connectivity index (χ4v) is 6.09. The summed E-state index contributed by atoms with van der Waals surface area (Å²) in [5.41, 5.74) is 2.61. The molecule has 37 heavy (non-hydrogen) atoms. The van der Waals surface area contributed by atoms with E-state index in [0.717, 1.165) is 26.1 Å². The number of ether oxygens (including phenoxy) is 1. The number of anilines is 2.